The summed E-state index contributed by atoms with van der Waals surface area (Å²) >= 11 is 0. The molecule has 1 aromatic rings. The van der Waals surface area contributed by atoms with E-state index in [2.05, 4.69) is 20.6 Å². The summed E-state index contributed by atoms with van der Waals surface area (Å²) in [6.45, 7) is 3.17. The number of nitrogens with one attached hydrogen (secondary N) is 2. The Kier molecular flexibility index (Phi) is 6.30. The summed E-state index contributed by atoms with van der Waals surface area (Å²) < 4.78 is 19.2. The first-order chi connectivity index (χ1) is 12.7. The van der Waals surface area contributed by atoms with E-state index in [-0.39, 0.29) is 11.6 Å². The molecule has 6 nitrogen and oxygen atoms in total. The van der Waals surface area contributed by atoms with Crippen LogP contribution in [0.5, 0.6) is 5.75 Å². The van der Waals surface area contributed by atoms with Crippen LogP contribution >= 0.6 is 0 Å². The summed E-state index contributed by atoms with van der Waals surface area (Å²) in [6, 6.07) is 5.33. The standard InChI is InChI=1S/C19H28FN5O/c1-3-21-18-22-13-25(15-10-11-17(26-2)16(20)12-15)19(24-18)23-14-8-6-4-5-7-9-14/h10-12,14H,3-9,13H2,1-2H3,(H2,21,22,23,24). The van der Waals surface area contributed by atoms with Crippen LogP contribution in [-0.2, 0) is 0 Å². The van der Waals surface area contributed by atoms with Gasteiger partial charge >= 0.3 is 0 Å². The van der Waals surface area contributed by atoms with E-state index in [1.807, 2.05) is 17.9 Å². The van der Waals surface area contributed by atoms with Crippen molar-refractivity contribution in [2.24, 2.45) is 9.98 Å². The second kappa shape index (κ2) is 8.87. The van der Waals surface area contributed by atoms with Gasteiger partial charge in [-0.2, -0.15) is 4.99 Å². The lowest BCUT2D eigenvalue weighted by Crippen LogP contribution is -2.49. The molecule has 1 aliphatic carbocycles. The van der Waals surface area contributed by atoms with Gasteiger partial charge in [-0.15, -0.1) is 0 Å². The van der Waals surface area contributed by atoms with Crippen molar-refractivity contribution in [3.8, 4) is 5.75 Å². The number of halogens is 1. The fourth-order valence-corrected chi connectivity index (χ4v) is 3.40. The number of hydrogen-bond donors (Lipinski definition) is 2. The Balaban J connectivity index is 1.83. The predicted octanol–water partition coefficient (Wildman–Crippen LogP) is 3.25. The van der Waals surface area contributed by atoms with E-state index in [4.69, 9.17) is 4.74 Å². The summed E-state index contributed by atoms with van der Waals surface area (Å²) in [5.41, 5.74) is 0.711. The lowest BCUT2D eigenvalue weighted by molar-refractivity contribution is 0.386. The van der Waals surface area contributed by atoms with Crippen LogP contribution in [0.2, 0.25) is 0 Å². The molecule has 1 aromatic carbocycles. The maximum Gasteiger partial charge on any atom is 0.223 e. The molecule has 1 heterocycles. The molecule has 3 rings (SSSR count). The number of aliphatic imine (C=N–C) groups is 2. The SMILES string of the molecule is CCNC1=NCN(c2ccc(OC)c(F)c2)C(NC2CCCCCC2)=N1. The minimum atomic E-state index is -0.389. The van der Waals surface area contributed by atoms with Gasteiger partial charge in [0.25, 0.3) is 0 Å². The molecule has 1 saturated carbocycles. The summed E-state index contributed by atoms with van der Waals surface area (Å²) in [5.74, 6) is 1.19. The predicted molar refractivity (Wildman–Crippen MR) is 103 cm³/mol. The van der Waals surface area contributed by atoms with Crippen molar-refractivity contribution in [3.05, 3.63) is 24.0 Å². The third-order valence-electron chi connectivity index (χ3n) is 4.80. The van der Waals surface area contributed by atoms with Crippen LogP contribution in [0.15, 0.2) is 28.2 Å². The fourth-order valence-electron chi connectivity index (χ4n) is 3.40. The molecule has 1 aliphatic heterocycles. The molecule has 0 bridgehead atoms. The summed E-state index contributed by atoms with van der Waals surface area (Å²) in [6.07, 6.45) is 7.33. The van der Waals surface area contributed by atoms with Gasteiger partial charge in [-0.25, -0.2) is 9.38 Å². The molecule has 0 unspecified atom stereocenters. The van der Waals surface area contributed by atoms with Crippen molar-refractivity contribution in [1.29, 1.82) is 0 Å². The monoisotopic (exact) mass is 361 g/mol. The molecular formula is C19H28FN5O. The molecule has 0 atom stereocenters. The van der Waals surface area contributed by atoms with E-state index >= 15 is 0 Å². The molecule has 7 heteroatoms. The van der Waals surface area contributed by atoms with Crippen LogP contribution in [-0.4, -0.2) is 38.3 Å². The average molecular weight is 361 g/mol. The highest BCUT2D eigenvalue weighted by Gasteiger charge is 2.23. The molecule has 2 N–H and O–H groups in total. The second-order valence-electron chi connectivity index (χ2n) is 6.67. The van der Waals surface area contributed by atoms with Crippen molar-refractivity contribution in [1.82, 2.24) is 10.6 Å². The maximum atomic E-state index is 14.2. The van der Waals surface area contributed by atoms with Crippen molar-refractivity contribution in [3.63, 3.8) is 0 Å². The van der Waals surface area contributed by atoms with Crippen LogP contribution in [0.1, 0.15) is 45.4 Å². The highest BCUT2D eigenvalue weighted by molar-refractivity contribution is 6.05. The average Bonchev–Trinajstić information content (AvgIpc) is 2.91. The molecule has 0 spiro atoms. The molecule has 0 amide bonds. The van der Waals surface area contributed by atoms with Crippen LogP contribution in [0.25, 0.3) is 0 Å². The third-order valence-corrected chi connectivity index (χ3v) is 4.80. The maximum absolute atomic E-state index is 14.2. The lowest BCUT2D eigenvalue weighted by Gasteiger charge is -2.31. The fraction of sp³-hybridized carbons (Fsp3) is 0.579. The van der Waals surface area contributed by atoms with Gasteiger partial charge in [-0.1, -0.05) is 25.7 Å². The Labute approximate surface area is 154 Å². The minimum absolute atomic E-state index is 0.234. The van der Waals surface area contributed by atoms with Gasteiger partial charge < -0.3 is 15.4 Å². The summed E-state index contributed by atoms with van der Waals surface area (Å²) in [5, 5.41) is 6.75. The molecule has 2 aliphatic rings. The smallest absolute Gasteiger partial charge is 0.223 e. The lowest BCUT2D eigenvalue weighted by atomic mass is 10.1. The zero-order chi connectivity index (χ0) is 18.4. The summed E-state index contributed by atoms with van der Waals surface area (Å²) in [7, 11) is 1.46. The molecule has 26 heavy (non-hydrogen) atoms. The van der Waals surface area contributed by atoms with Crippen molar-refractivity contribution < 1.29 is 9.13 Å². The Morgan fingerprint density at radius 1 is 1.23 bits per heavy atom. The second-order valence-corrected chi connectivity index (χ2v) is 6.67. The van der Waals surface area contributed by atoms with E-state index in [0.717, 1.165) is 25.3 Å². The van der Waals surface area contributed by atoms with E-state index < -0.39 is 0 Å². The van der Waals surface area contributed by atoms with Gasteiger partial charge in [0.05, 0.1) is 7.11 Å². The van der Waals surface area contributed by atoms with E-state index in [0.29, 0.717) is 24.4 Å². The normalized spacial score (nSPS) is 18.7. The Morgan fingerprint density at radius 3 is 2.65 bits per heavy atom. The molecule has 142 valence electrons. The number of anilines is 1. The number of hydrogen-bond acceptors (Lipinski definition) is 6. The van der Waals surface area contributed by atoms with Gasteiger partial charge in [-0.3, -0.25) is 4.90 Å². The van der Waals surface area contributed by atoms with Crippen LogP contribution in [0, 0.1) is 5.82 Å². The number of ether oxygens (including phenoxy) is 1. The number of nitrogens with zero attached hydrogens (tertiary/aromatic N) is 3. The highest BCUT2D eigenvalue weighted by Crippen LogP contribution is 2.25. The first-order valence-corrected chi connectivity index (χ1v) is 9.46. The largest absolute Gasteiger partial charge is 0.494 e. The van der Waals surface area contributed by atoms with E-state index in [9.17, 15) is 4.39 Å². The Hall–Kier alpha value is -2.31. The molecule has 0 aromatic heterocycles. The van der Waals surface area contributed by atoms with Gasteiger partial charge in [0.1, 0.15) is 6.67 Å². The van der Waals surface area contributed by atoms with Gasteiger partial charge in [0.2, 0.25) is 11.9 Å². The van der Waals surface area contributed by atoms with Crippen molar-refractivity contribution in [2.75, 3.05) is 25.2 Å². The zero-order valence-electron chi connectivity index (χ0n) is 15.6. The molecular weight excluding hydrogens is 333 g/mol. The van der Waals surface area contributed by atoms with E-state index in [1.165, 1.54) is 38.9 Å². The van der Waals surface area contributed by atoms with Gasteiger partial charge in [0, 0.05) is 24.3 Å². The van der Waals surface area contributed by atoms with E-state index in [1.54, 1.807) is 6.07 Å². The summed E-state index contributed by atoms with van der Waals surface area (Å²) in [4.78, 5) is 11.0. The third kappa shape index (κ3) is 4.45. The number of guanidine groups is 2. The topological polar surface area (TPSA) is 61.2 Å². The Morgan fingerprint density at radius 2 is 2.00 bits per heavy atom. The minimum Gasteiger partial charge on any atom is -0.494 e. The zero-order valence-corrected chi connectivity index (χ0v) is 15.6. The molecule has 1 fully saturated rings. The van der Waals surface area contributed by atoms with Crippen LogP contribution < -0.4 is 20.3 Å². The number of rotatable bonds is 4. The quantitative estimate of drug-likeness (QED) is 0.808. The molecule has 0 radical (unpaired) electrons. The van der Waals surface area contributed by atoms with Crippen LogP contribution in [0.4, 0.5) is 10.1 Å². The van der Waals surface area contributed by atoms with Crippen LogP contribution in [0.3, 0.4) is 0 Å². The van der Waals surface area contributed by atoms with Gasteiger partial charge in [-0.05, 0) is 31.9 Å². The Bertz CT molecular complexity index is 668. The van der Waals surface area contributed by atoms with Crippen molar-refractivity contribution >= 4 is 17.6 Å². The first-order valence-electron chi connectivity index (χ1n) is 9.46. The van der Waals surface area contributed by atoms with Gasteiger partial charge in [0.15, 0.2) is 11.6 Å². The molecule has 0 saturated heterocycles. The van der Waals surface area contributed by atoms with Crippen molar-refractivity contribution in [2.45, 2.75) is 51.5 Å². The first kappa shape index (κ1) is 18.5. The number of methoxy groups -OCH3 is 1. The highest BCUT2D eigenvalue weighted by atomic mass is 19.1. The number of benzene rings is 1.